The van der Waals surface area contributed by atoms with Gasteiger partial charge in [0.2, 0.25) is 5.91 Å². The first kappa shape index (κ1) is 11.4. The third-order valence-electron chi connectivity index (χ3n) is 2.59. The maximum atomic E-state index is 11.1. The monoisotopic (exact) mass is 201 g/mol. The zero-order valence-corrected chi connectivity index (χ0v) is 8.61. The Kier molecular flexibility index (Phi) is 4.31. The maximum absolute atomic E-state index is 11.1. The van der Waals surface area contributed by atoms with Crippen molar-refractivity contribution in [2.24, 2.45) is 11.5 Å². The number of rotatable bonds is 4. The zero-order chi connectivity index (χ0) is 10.6. The second kappa shape index (κ2) is 5.29. The molecule has 1 amide bonds. The summed E-state index contributed by atoms with van der Waals surface area (Å²) in [5.74, 6) is -0.259. The van der Waals surface area contributed by atoms with Crippen LogP contribution in [0.25, 0.3) is 0 Å². The van der Waals surface area contributed by atoms with E-state index >= 15 is 0 Å². The molecule has 0 saturated carbocycles. The lowest BCUT2D eigenvalue weighted by atomic mass is 10.1. The van der Waals surface area contributed by atoms with Gasteiger partial charge in [0.05, 0.1) is 18.8 Å². The highest BCUT2D eigenvalue weighted by atomic mass is 16.5. The van der Waals surface area contributed by atoms with E-state index in [1.807, 2.05) is 6.92 Å². The topological polar surface area (TPSA) is 81.6 Å². The first-order valence-corrected chi connectivity index (χ1v) is 5.04. The van der Waals surface area contributed by atoms with Crippen LogP contribution in [0.3, 0.4) is 0 Å². The molecule has 4 N–H and O–H groups in total. The van der Waals surface area contributed by atoms with Gasteiger partial charge >= 0.3 is 0 Å². The van der Waals surface area contributed by atoms with Crippen molar-refractivity contribution in [3.63, 3.8) is 0 Å². The third kappa shape index (κ3) is 2.67. The van der Waals surface area contributed by atoms with Crippen LogP contribution in [0.5, 0.6) is 0 Å². The summed E-state index contributed by atoms with van der Waals surface area (Å²) in [6.45, 7) is 4.55. The van der Waals surface area contributed by atoms with E-state index in [-0.39, 0.29) is 18.1 Å². The fourth-order valence-electron chi connectivity index (χ4n) is 1.81. The van der Waals surface area contributed by atoms with Crippen LogP contribution in [0.1, 0.15) is 13.3 Å². The van der Waals surface area contributed by atoms with E-state index in [0.29, 0.717) is 19.7 Å². The van der Waals surface area contributed by atoms with Crippen molar-refractivity contribution in [2.45, 2.75) is 25.5 Å². The lowest BCUT2D eigenvalue weighted by Gasteiger charge is -2.36. The molecule has 1 aliphatic heterocycles. The summed E-state index contributed by atoms with van der Waals surface area (Å²) in [7, 11) is 0. The Morgan fingerprint density at radius 2 is 2.43 bits per heavy atom. The van der Waals surface area contributed by atoms with E-state index in [2.05, 4.69) is 4.90 Å². The number of ether oxygens (including phenoxy) is 1. The molecule has 1 heterocycles. The third-order valence-corrected chi connectivity index (χ3v) is 2.59. The van der Waals surface area contributed by atoms with E-state index in [4.69, 9.17) is 16.2 Å². The van der Waals surface area contributed by atoms with Crippen LogP contribution in [-0.2, 0) is 9.53 Å². The zero-order valence-electron chi connectivity index (χ0n) is 8.61. The number of hydrogen-bond donors (Lipinski definition) is 2. The van der Waals surface area contributed by atoms with Crippen LogP contribution in [-0.4, -0.2) is 49.2 Å². The van der Waals surface area contributed by atoms with E-state index in [1.165, 1.54) is 0 Å². The van der Waals surface area contributed by atoms with Crippen LogP contribution in [0.2, 0.25) is 0 Å². The lowest BCUT2D eigenvalue weighted by Crippen LogP contribution is -2.53. The van der Waals surface area contributed by atoms with Crippen LogP contribution in [0.4, 0.5) is 0 Å². The Bertz CT molecular complexity index is 198. The van der Waals surface area contributed by atoms with Gasteiger partial charge in [-0.3, -0.25) is 9.69 Å². The molecule has 14 heavy (non-hydrogen) atoms. The minimum absolute atomic E-state index is 0.0390. The summed E-state index contributed by atoms with van der Waals surface area (Å²) < 4.78 is 5.41. The molecule has 0 bridgehead atoms. The number of hydrogen-bond acceptors (Lipinski definition) is 4. The Morgan fingerprint density at radius 3 is 2.93 bits per heavy atom. The maximum Gasteiger partial charge on any atom is 0.234 e. The summed E-state index contributed by atoms with van der Waals surface area (Å²) in [5, 5.41) is 0. The van der Waals surface area contributed by atoms with Crippen LogP contribution < -0.4 is 11.5 Å². The number of carbonyl (C=O) groups is 1. The molecule has 0 aromatic heterocycles. The summed E-state index contributed by atoms with van der Waals surface area (Å²) in [6.07, 6.45) is 0.782. The van der Waals surface area contributed by atoms with E-state index in [1.54, 1.807) is 0 Å². The lowest BCUT2D eigenvalue weighted by molar-refractivity contribution is -0.126. The van der Waals surface area contributed by atoms with E-state index in [9.17, 15) is 4.79 Å². The average molecular weight is 201 g/mol. The predicted molar refractivity (Wildman–Crippen MR) is 53.6 cm³/mol. The molecule has 1 rings (SSSR count). The largest absolute Gasteiger partial charge is 0.374 e. The molecule has 82 valence electrons. The van der Waals surface area contributed by atoms with Gasteiger partial charge in [-0.25, -0.2) is 0 Å². The van der Waals surface area contributed by atoms with Crippen molar-refractivity contribution in [3.05, 3.63) is 0 Å². The molecule has 2 unspecified atom stereocenters. The van der Waals surface area contributed by atoms with Gasteiger partial charge in [-0.2, -0.15) is 0 Å². The van der Waals surface area contributed by atoms with Gasteiger partial charge in [-0.1, -0.05) is 6.92 Å². The first-order chi connectivity index (χ1) is 6.69. The molecular formula is C9H19N3O2. The van der Waals surface area contributed by atoms with Crippen molar-refractivity contribution in [2.75, 3.05) is 26.2 Å². The number of nitrogens with two attached hydrogens (primary N) is 2. The Morgan fingerprint density at radius 1 is 1.71 bits per heavy atom. The molecule has 5 heteroatoms. The van der Waals surface area contributed by atoms with Crippen molar-refractivity contribution >= 4 is 5.91 Å². The molecule has 0 radical (unpaired) electrons. The number of nitrogens with zero attached hydrogens (tertiary/aromatic N) is 1. The Labute approximate surface area is 84.4 Å². The minimum Gasteiger partial charge on any atom is -0.374 e. The summed E-state index contributed by atoms with van der Waals surface area (Å²) in [4.78, 5) is 13.2. The average Bonchev–Trinajstić information content (AvgIpc) is 2.19. The highest BCUT2D eigenvalue weighted by Gasteiger charge is 2.27. The van der Waals surface area contributed by atoms with Gasteiger partial charge < -0.3 is 16.2 Å². The van der Waals surface area contributed by atoms with Gasteiger partial charge in [0.15, 0.2) is 0 Å². The smallest absolute Gasteiger partial charge is 0.234 e. The SMILES string of the molecule is CCC(C(N)=O)N1CCOC(CN)C1. The number of carbonyl (C=O) groups excluding carboxylic acids is 1. The summed E-state index contributed by atoms with van der Waals surface area (Å²) in [5.41, 5.74) is 10.8. The van der Waals surface area contributed by atoms with Crippen LogP contribution >= 0.6 is 0 Å². The number of amides is 1. The van der Waals surface area contributed by atoms with Gasteiger partial charge in [0.1, 0.15) is 0 Å². The normalized spacial score (nSPS) is 26.0. The molecule has 1 fully saturated rings. The summed E-state index contributed by atoms with van der Waals surface area (Å²) in [6, 6.07) is -0.173. The second-order valence-corrected chi connectivity index (χ2v) is 3.55. The Balaban J connectivity index is 2.53. The molecule has 0 aromatic carbocycles. The molecular weight excluding hydrogens is 182 g/mol. The van der Waals surface area contributed by atoms with Crippen molar-refractivity contribution in [1.82, 2.24) is 4.90 Å². The predicted octanol–water partition coefficient (Wildman–Crippen LogP) is -1.09. The van der Waals surface area contributed by atoms with Crippen LogP contribution in [0.15, 0.2) is 0 Å². The highest BCUT2D eigenvalue weighted by Crippen LogP contribution is 2.10. The van der Waals surface area contributed by atoms with E-state index < -0.39 is 0 Å². The molecule has 0 aromatic rings. The Hall–Kier alpha value is -0.650. The molecule has 1 aliphatic rings. The molecule has 0 spiro atoms. The number of morpholine rings is 1. The van der Waals surface area contributed by atoms with Crippen molar-refractivity contribution in [3.8, 4) is 0 Å². The minimum atomic E-state index is -0.259. The highest BCUT2D eigenvalue weighted by molar-refractivity contribution is 5.79. The molecule has 2 atom stereocenters. The summed E-state index contributed by atoms with van der Waals surface area (Å²) >= 11 is 0. The van der Waals surface area contributed by atoms with Gasteiger partial charge in [0, 0.05) is 19.6 Å². The van der Waals surface area contributed by atoms with Crippen LogP contribution in [0, 0.1) is 0 Å². The molecule has 5 nitrogen and oxygen atoms in total. The van der Waals surface area contributed by atoms with Crippen molar-refractivity contribution in [1.29, 1.82) is 0 Å². The quantitative estimate of drug-likeness (QED) is 0.605. The fraction of sp³-hybridized carbons (Fsp3) is 0.889. The standard InChI is InChI=1S/C9H19N3O2/c1-2-8(9(11)13)12-3-4-14-7(5-10)6-12/h7-8H,2-6,10H2,1H3,(H2,11,13). The van der Waals surface area contributed by atoms with Crippen molar-refractivity contribution < 1.29 is 9.53 Å². The van der Waals surface area contributed by atoms with Gasteiger partial charge in [-0.05, 0) is 6.42 Å². The second-order valence-electron chi connectivity index (χ2n) is 3.55. The molecule has 1 saturated heterocycles. The fourth-order valence-corrected chi connectivity index (χ4v) is 1.81. The first-order valence-electron chi connectivity index (χ1n) is 5.04. The van der Waals surface area contributed by atoms with Gasteiger partial charge in [0.25, 0.3) is 0 Å². The van der Waals surface area contributed by atoms with Gasteiger partial charge in [-0.15, -0.1) is 0 Å². The van der Waals surface area contributed by atoms with E-state index in [0.717, 1.165) is 13.0 Å². The number of primary amides is 1. The molecule has 0 aliphatic carbocycles.